The molecule has 2 unspecified atom stereocenters. The van der Waals surface area contributed by atoms with Crippen molar-refractivity contribution in [3.05, 3.63) is 22.3 Å². The van der Waals surface area contributed by atoms with Crippen LogP contribution in [0, 0.1) is 0 Å². The van der Waals surface area contributed by atoms with Gasteiger partial charge in [-0.2, -0.15) is 0 Å². The number of nitrogens with one attached hydrogen (secondary N) is 1. The van der Waals surface area contributed by atoms with E-state index in [0.717, 1.165) is 42.9 Å². The van der Waals surface area contributed by atoms with Gasteiger partial charge < -0.3 is 15.0 Å². The molecule has 1 saturated heterocycles. The van der Waals surface area contributed by atoms with Crippen LogP contribution in [-0.2, 0) is 11.3 Å². The molecule has 0 amide bonds. The van der Waals surface area contributed by atoms with Crippen molar-refractivity contribution in [2.45, 2.75) is 45.9 Å². The number of pyridine rings is 1. The molecule has 4 nitrogen and oxygen atoms in total. The number of rotatable bonds is 5. The summed E-state index contributed by atoms with van der Waals surface area (Å²) in [4.78, 5) is 6.97. The van der Waals surface area contributed by atoms with Gasteiger partial charge in [-0.3, -0.25) is 0 Å². The van der Waals surface area contributed by atoms with Crippen molar-refractivity contribution < 1.29 is 4.74 Å². The SMILES string of the molecule is CCCNCc1cc(Br)cnc1N1CC(C)OC(C)C1. The highest BCUT2D eigenvalue weighted by molar-refractivity contribution is 9.10. The fourth-order valence-corrected chi connectivity index (χ4v) is 3.02. The van der Waals surface area contributed by atoms with E-state index in [1.165, 1.54) is 5.56 Å². The molecule has 0 saturated carbocycles. The third-order valence-electron chi connectivity index (χ3n) is 3.37. The van der Waals surface area contributed by atoms with Crippen LogP contribution in [0.4, 0.5) is 5.82 Å². The fourth-order valence-electron chi connectivity index (χ4n) is 2.64. The minimum Gasteiger partial charge on any atom is -0.372 e. The van der Waals surface area contributed by atoms with Crippen molar-refractivity contribution in [1.82, 2.24) is 10.3 Å². The van der Waals surface area contributed by atoms with E-state index < -0.39 is 0 Å². The molecule has 20 heavy (non-hydrogen) atoms. The van der Waals surface area contributed by atoms with Crippen molar-refractivity contribution in [2.75, 3.05) is 24.5 Å². The van der Waals surface area contributed by atoms with Crippen molar-refractivity contribution in [3.8, 4) is 0 Å². The molecular formula is C15H24BrN3O. The standard InChI is InChI=1S/C15H24BrN3O/c1-4-5-17-7-13-6-14(16)8-18-15(13)19-9-11(2)20-12(3)10-19/h6,8,11-12,17H,4-5,7,9-10H2,1-3H3. The first-order valence-electron chi connectivity index (χ1n) is 7.35. The monoisotopic (exact) mass is 341 g/mol. The van der Waals surface area contributed by atoms with Gasteiger partial charge in [0.05, 0.1) is 12.2 Å². The number of morpholine rings is 1. The van der Waals surface area contributed by atoms with Crippen LogP contribution in [0.1, 0.15) is 32.8 Å². The summed E-state index contributed by atoms with van der Waals surface area (Å²) < 4.78 is 6.84. The molecule has 1 aliphatic rings. The van der Waals surface area contributed by atoms with Gasteiger partial charge in [0.2, 0.25) is 0 Å². The van der Waals surface area contributed by atoms with E-state index >= 15 is 0 Å². The predicted molar refractivity (Wildman–Crippen MR) is 86.2 cm³/mol. The van der Waals surface area contributed by atoms with Gasteiger partial charge in [0.25, 0.3) is 0 Å². The lowest BCUT2D eigenvalue weighted by atomic mass is 10.2. The quantitative estimate of drug-likeness (QED) is 0.835. The smallest absolute Gasteiger partial charge is 0.133 e. The highest BCUT2D eigenvalue weighted by Crippen LogP contribution is 2.24. The normalized spacial score (nSPS) is 23.1. The zero-order valence-electron chi connectivity index (χ0n) is 12.5. The number of anilines is 1. The van der Waals surface area contributed by atoms with Gasteiger partial charge in [-0.1, -0.05) is 6.92 Å². The highest BCUT2D eigenvalue weighted by Gasteiger charge is 2.24. The van der Waals surface area contributed by atoms with Crippen LogP contribution < -0.4 is 10.2 Å². The Bertz CT molecular complexity index is 431. The van der Waals surface area contributed by atoms with E-state index in [-0.39, 0.29) is 12.2 Å². The molecule has 0 aliphatic carbocycles. The molecule has 112 valence electrons. The molecule has 1 aliphatic heterocycles. The first-order valence-corrected chi connectivity index (χ1v) is 8.15. The van der Waals surface area contributed by atoms with Crippen molar-refractivity contribution >= 4 is 21.7 Å². The number of aromatic nitrogens is 1. The van der Waals surface area contributed by atoms with Gasteiger partial charge in [-0.05, 0) is 48.8 Å². The largest absolute Gasteiger partial charge is 0.372 e. The molecule has 2 heterocycles. The Hall–Kier alpha value is -0.650. The molecule has 0 spiro atoms. The van der Waals surface area contributed by atoms with E-state index in [0.29, 0.717) is 0 Å². The summed E-state index contributed by atoms with van der Waals surface area (Å²) in [5.41, 5.74) is 1.24. The topological polar surface area (TPSA) is 37.4 Å². The maximum Gasteiger partial charge on any atom is 0.133 e. The second kappa shape index (κ2) is 7.38. The number of halogens is 1. The molecule has 5 heteroatoms. The minimum atomic E-state index is 0.251. The predicted octanol–water partition coefficient (Wildman–Crippen LogP) is 2.96. The van der Waals surface area contributed by atoms with Crippen LogP contribution in [0.5, 0.6) is 0 Å². The maximum atomic E-state index is 5.81. The van der Waals surface area contributed by atoms with E-state index in [9.17, 15) is 0 Å². The number of ether oxygens (including phenoxy) is 1. The van der Waals surface area contributed by atoms with Crippen molar-refractivity contribution in [1.29, 1.82) is 0 Å². The van der Waals surface area contributed by atoms with Crippen molar-refractivity contribution in [3.63, 3.8) is 0 Å². The van der Waals surface area contributed by atoms with Crippen LogP contribution in [0.3, 0.4) is 0 Å². The Morgan fingerprint density at radius 2 is 2.10 bits per heavy atom. The third-order valence-corrected chi connectivity index (χ3v) is 3.80. The molecule has 2 rings (SSSR count). The van der Waals surface area contributed by atoms with Gasteiger partial charge >= 0.3 is 0 Å². The van der Waals surface area contributed by atoms with E-state index in [1.807, 2.05) is 6.20 Å². The molecular weight excluding hydrogens is 318 g/mol. The van der Waals surface area contributed by atoms with Gasteiger partial charge in [0.15, 0.2) is 0 Å². The van der Waals surface area contributed by atoms with Crippen LogP contribution in [0.2, 0.25) is 0 Å². The summed E-state index contributed by atoms with van der Waals surface area (Å²) in [6.45, 7) is 10.1. The average Bonchev–Trinajstić information content (AvgIpc) is 2.38. The minimum absolute atomic E-state index is 0.251. The summed E-state index contributed by atoms with van der Waals surface area (Å²) >= 11 is 3.52. The number of nitrogens with zero attached hydrogens (tertiary/aromatic N) is 2. The Kier molecular flexibility index (Phi) is 5.81. The second-order valence-electron chi connectivity index (χ2n) is 5.48. The Labute approximate surface area is 130 Å². The lowest BCUT2D eigenvalue weighted by molar-refractivity contribution is -0.00551. The number of hydrogen-bond donors (Lipinski definition) is 1. The summed E-state index contributed by atoms with van der Waals surface area (Å²) in [6, 6.07) is 2.16. The summed E-state index contributed by atoms with van der Waals surface area (Å²) in [6.07, 6.45) is 3.52. The Morgan fingerprint density at radius 1 is 1.40 bits per heavy atom. The molecule has 0 bridgehead atoms. The zero-order valence-corrected chi connectivity index (χ0v) is 14.1. The van der Waals surface area contributed by atoms with E-state index in [1.54, 1.807) is 0 Å². The van der Waals surface area contributed by atoms with E-state index in [2.05, 4.69) is 58.0 Å². The highest BCUT2D eigenvalue weighted by atomic mass is 79.9. The first kappa shape index (κ1) is 15.7. The molecule has 0 radical (unpaired) electrons. The van der Waals surface area contributed by atoms with Crippen LogP contribution in [0.15, 0.2) is 16.7 Å². The van der Waals surface area contributed by atoms with Gasteiger partial charge in [-0.15, -0.1) is 0 Å². The fraction of sp³-hybridized carbons (Fsp3) is 0.667. The zero-order chi connectivity index (χ0) is 14.5. The molecule has 1 aromatic heterocycles. The van der Waals surface area contributed by atoms with Crippen LogP contribution >= 0.6 is 15.9 Å². The first-order chi connectivity index (χ1) is 9.60. The summed E-state index contributed by atoms with van der Waals surface area (Å²) in [5.74, 6) is 1.08. The Balaban J connectivity index is 2.16. The molecule has 1 fully saturated rings. The molecule has 1 N–H and O–H groups in total. The summed E-state index contributed by atoms with van der Waals surface area (Å²) in [5, 5.41) is 3.46. The molecule has 2 atom stereocenters. The van der Waals surface area contributed by atoms with Crippen LogP contribution in [0.25, 0.3) is 0 Å². The van der Waals surface area contributed by atoms with E-state index in [4.69, 9.17) is 4.74 Å². The lowest BCUT2D eigenvalue weighted by Crippen LogP contribution is -2.46. The van der Waals surface area contributed by atoms with Gasteiger partial charge in [0.1, 0.15) is 5.82 Å². The van der Waals surface area contributed by atoms with Gasteiger partial charge in [0, 0.05) is 35.9 Å². The lowest BCUT2D eigenvalue weighted by Gasteiger charge is -2.37. The maximum absolute atomic E-state index is 5.81. The Morgan fingerprint density at radius 3 is 2.75 bits per heavy atom. The van der Waals surface area contributed by atoms with Crippen LogP contribution in [-0.4, -0.2) is 36.8 Å². The molecule has 0 aromatic carbocycles. The third kappa shape index (κ3) is 4.17. The van der Waals surface area contributed by atoms with Crippen molar-refractivity contribution in [2.24, 2.45) is 0 Å². The van der Waals surface area contributed by atoms with Gasteiger partial charge in [-0.25, -0.2) is 4.98 Å². The summed E-state index contributed by atoms with van der Waals surface area (Å²) in [7, 11) is 0. The average molecular weight is 342 g/mol. The number of hydrogen-bond acceptors (Lipinski definition) is 4. The second-order valence-corrected chi connectivity index (χ2v) is 6.39. The molecule has 1 aromatic rings.